The summed E-state index contributed by atoms with van der Waals surface area (Å²) in [7, 11) is 0. The number of nitrogen functional groups attached to an aromatic ring is 2. The van der Waals surface area contributed by atoms with Gasteiger partial charge in [-0.25, -0.2) is 0 Å². The molecule has 0 spiro atoms. The molecule has 0 unspecified atom stereocenters. The van der Waals surface area contributed by atoms with Gasteiger partial charge in [0.2, 0.25) is 0 Å². The zero-order valence-corrected chi connectivity index (χ0v) is 23.9. The topological polar surface area (TPSA) is 58.5 Å². The summed E-state index contributed by atoms with van der Waals surface area (Å²) < 4.78 is 0. The van der Waals surface area contributed by atoms with Crippen LogP contribution in [-0.2, 0) is 0 Å². The zero-order chi connectivity index (χ0) is 29.1. The molecule has 0 saturated carbocycles. The Morgan fingerprint density at radius 3 is 0.786 bits per heavy atom. The van der Waals surface area contributed by atoms with Gasteiger partial charge in [-0.15, -0.1) is 0 Å². The predicted octanol–water partition coefficient (Wildman–Crippen LogP) is 10.1. The van der Waals surface area contributed by atoms with E-state index in [9.17, 15) is 0 Å². The molecule has 0 aromatic heterocycles. The molecule has 42 heavy (non-hydrogen) atoms. The molecule has 206 valence electrons. The Kier molecular flexibility index (Phi) is 7.35. The molecule has 0 aliphatic rings. The van der Waals surface area contributed by atoms with Crippen LogP contribution in [0.2, 0.25) is 0 Å². The highest BCUT2D eigenvalue weighted by atomic mass is 15.1. The van der Waals surface area contributed by atoms with Crippen molar-refractivity contribution >= 4 is 45.5 Å². The number of nitrogens with zero attached hydrogens (tertiary/aromatic N) is 2. The number of aryl methyl sites for hydroxylation is 2. The predicted molar refractivity (Wildman–Crippen MR) is 180 cm³/mol. The van der Waals surface area contributed by atoms with Gasteiger partial charge in [-0.1, -0.05) is 59.7 Å². The number of benzene rings is 6. The van der Waals surface area contributed by atoms with E-state index in [1.165, 1.54) is 11.1 Å². The third kappa shape index (κ3) is 5.70. The van der Waals surface area contributed by atoms with Crippen LogP contribution in [0.25, 0.3) is 11.1 Å². The Morgan fingerprint density at radius 2 is 0.524 bits per heavy atom. The first-order valence-corrected chi connectivity index (χ1v) is 14.1. The lowest BCUT2D eigenvalue weighted by molar-refractivity contribution is 1.27. The number of rotatable bonds is 7. The van der Waals surface area contributed by atoms with E-state index in [1.54, 1.807) is 0 Å². The van der Waals surface area contributed by atoms with Crippen LogP contribution in [0.4, 0.5) is 45.5 Å². The molecule has 6 rings (SSSR count). The molecule has 4 N–H and O–H groups in total. The van der Waals surface area contributed by atoms with E-state index >= 15 is 0 Å². The molecule has 4 heteroatoms. The molecule has 0 radical (unpaired) electrons. The standard InChI is InChI=1S/C38H34N4/c1-27-3-15-33(16-4-27)41(37-23-11-31(39)12-24-37)35-19-7-29(8-20-35)30-9-21-36(22-10-30)42(34-17-5-28(2)6-18-34)38-25-13-32(40)14-26-38/h3-26H,39-40H2,1-2H3. The van der Waals surface area contributed by atoms with E-state index in [4.69, 9.17) is 11.5 Å². The molecule has 0 fully saturated rings. The minimum absolute atomic E-state index is 0.749. The maximum atomic E-state index is 5.99. The van der Waals surface area contributed by atoms with Crippen LogP contribution in [0.1, 0.15) is 11.1 Å². The number of anilines is 8. The Bertz CT molecular complexity index is 1530. The Hall–Kier alpha value is -5.48. The molecule has 0 amide bonds. The first-order valence-electron chi connectivity index (χ1n) is 14.1. The van der Waals surface area contributed by atoms with Gasteiger partial charge in [-0.05, 0) is 122 Å². The summed E-state index contributed by atoms with van der Waals surface area (Å²) in [5.41, 5.74) is 24.7. The van der Waals surface area contributed by atoms with E-state index < -0.39 is 0 Å². The minimum atomic E-state index is 0.749. The lowest BCUT2D eigenvalue weighted by Crippen LogP contribution is -2.10. The maximum absolute atomic E-state index is 5.99. The molecular formula is C38H34N4. The summed E-state index contributed by atoms with van der Waals surface area (Å²) in [5, 5.41) is 0. The molecule has 6 aromatic carbocycles. The van der Waals surface area contributed by atoms with Crippen LogP contribution < -0.4 is 21.3 Å². The number of hydrogen-bond acceptors (Lipinski definition) is 4. The average Bonchev–Trinajstić information content (AvgIpc) is 3.02. The van der Waals surface area contributed by atoms with Gasteiger partial charge in [0.15, 0.2) is 0 Å². The van der Waals surface area contributed by atoms with Crippen molar-refractivity contribution in [1.82, 2.24) is 0 Å². The summed E-state index contributed by atoms with van der Waals surface area (Å²) in [6.07, 6.45) is 0. The van der Waals surface area contributed by atoms with Crippen molar-refractivity contribution in [3.8, 4) is 11.1 Å². The molecule has 0 aliphatic carbocycles. The quantitative estimate of drug-likeness (QED) is 0.196. The second-order valence-corrected chi connectivity index (χ2v) is 10.6. The molecular weight excluding hydrogens is 512 g/mol. The van der Waals surface area contributed by atoms with Crippen molar-refractivity contribution < 1.29 is 0 Å². The maximum Gasteiger partial charge on any atom is 0.0463 e. The van der Waals surface area contributed by atoms with E-state index in [0.717, 1.165) is 56.6 Å². The normalized spacial score (nSPS) is 10.8. The first kappa shape index (κ1) is 26.7. The fraction of sp³-hybridized carbons (Fsp3) is 0.0526. The highest BCUT2D eigenvalue weighted by Gasteiger charge is 2.14. The van der Waals surface area contributed by atoms with E-state index in [1.807, 2.05) is 24.3 Å². The second-order valence-electron chi connectivity index (χ2n) is 10.6. The SMILES string of the molecule is Cc1ccc(N(c2ccc(N)cc2)c2ccc(-c3ccc(N(c4ccc(C)cc4)c4ccc(N)cc4)cc3)cc2)cc1. The summed E-state index contributed by atoms with van der Waals surface area (Å²) >= 11 is 0. The van der Waals surface area contributed by atoms with Crippen LogP contribution in [0, 0.1) is 13.8 Å². The van der Waals surface area contributed by atoms with Gasteiger partial charge >= 0.3 is 0 Å². The van der Waals surface area contributed by atoms with Gasteiger partial charge in [-0.3, -0.25) is 0 Å². The van der Waals surface area contributed by atoms with Gasteiger partial charge in [0.1, 0.15) is 0 Å². The molecule has 4 nitrogen and oxygen atoms in total. The van der Waals surface area contributed by atoms with Gasteiger partial charge in [0.05, 0.1) is 0 Å². The van der Waals surface area contributed by atoms with Crippen LogP contribution in [-0.4, -0.2) is 0 Å². The third-order valence-corrected chi connectivity index (χ3v) is 7.47. The molecule has 0 bridgehead atoms. The largest absolute Gasteiger partial charge is 0.399 e. The van der Waals surface area contributed by atoms with Gasteiger partial charge in [0, 0.05) is 45.5 Å². The van der Waals surface area contributed by atoms with Crippen molar-refractivity contribution in [2.45, 2.75) is 13.8 Å². The Balaban J connectivity index is 1.31. The molecule has 0 saturated heterocycles. The smallest absolute Gasteiger partial charge is 0.0463 e. The number of nitrogens with two attached hydrogens (primary N) is 2. The van der Waals surface area contributed by atoms with E-state index in [0.29, 0.717) is 0 Å². The lowest BCUT2D eigenvalue weighted by Gasteiger charge is -2.26. The Labute approximate surface area is 248 Å². The number of hydrogen-bond donors (Lipinski definition) is 2. The minimum Gasteiger partial charge on any atom is -0.399 e. The van der Waals surface area contributed by atoms with Crippen LogP contribution in [0.15, 0.2) is 146 Å². The molecule has 0 heterocycles. The molecule has 0 atom stereocenters. The van der Waals surface area contributed by atoms with Crippen molar-refractivity contribution in [2.24, 2.45) is 0 Å². The highest BCUT2D eigenvalue weighted by molar-refractivity contribution is 5.81. The lowest BCUT2D eigenvalue weighted by atomic mass is 10.0. The zero-order valence-electron chi connectivity index (χ0n) is 23.9. The highest BCUT2D eigenvalue weighted by Crippen LogP contribution is 2.38. The summed E-state index contributed by atoms with van der Waals surface area (Å²) in [6.45, 7) is 4.21. The van der Waals surface area contributed by atoms with E-state index in [-0.39, 0.29) is 0 Å². The van der Waals surface area contributed by atoms with Crippen molar-refractivity contribution in [2.75, 3.05) is 21.3 Å². The van der Waals surface area contributed by atoms with Crippen molar-refractivity contribution in [3.05, 3.63) is 157 Å². The molecule has 6 aromatic rings. The molecule has 0 aliphatic heterocycles. The van der Waals surface area contributed by atoms with Crippen LogP contribution >= 0.6 is 0 Å². The summed E-state index contributed by atoms with van der Waals surface area (Å²) in [4.78, 5) is 4.50. The fourth-order valence-electron chi connectivity index (χ4n) is 5.13. The average molecular weight is 547 g/mol. The second kappa shape index (κ2) is 11.6. The first-order chi connectivity index (χ1) is 20.4. The third-order valence-electron chi connectivity index (χ3n) is 7.47. The van der Waals surface area contributed by atoms with Gasteiger partial charge < -0.3 is 21.3 Å². The monoisotopic (exact) mass is 546 g/mol. The van der Waals surface area contributed by atoms with Crippen LogP contribution in [0.3, 0.4) is 0 Å². The van der Waals surface area contributed by atoms with Gasteiger partial charge in [0.25, 0.3) is 0 Å². The van der Waals surface area contributed by atoms with Crippen molar-refractivity contribution in [1.29, 1.82) is 0 Å². The summed E-state index contributed by atoms with van der Waals surface area (Å²) in [5.74, 6) is 0. The van der Waals surface area contributed by atoms with Crippen LogP contribution in [0.5, 0.6) is 0 Å². The van der Waals surface area contributed by atoms with Crippen molar-refractivity contribution in [3.63, 3.8) is 0 Å². The summed E-state index contributed by atoms with van der Waals surface area (Å²) in [6, 6.07) is 50.6. The fourth-order valence-corrected chi connectivity index (χ4v) is 5.13. The Morgan fingerprint density at radius 1 is 0.310 bits per heavy atom. The van der Waals surface area contributed by atoms with Gasteiger partial charge in [-0.2, -0.15) is 0 Å². The van der Waals surface area contributed by atoms with E-state index in [2.05, 4.69) is 145 Å².